The first-order chi connectivity index (χ1) is 11.7. The summed E-state index contributed by atoms with van der Waals surface area (Å²) in [6, 6.07) is 0. The molecule has 0 aliphatic heterocycles. The summed E-state index contributed by atoms with van der Waals surface area (Å²) < 4.78 is 0. The normalized spacial score (nSPS) is 11.4. The van der Waals surface area contributed by atoms with Gasteiger partial charge < -0.3 is 5.32 Å². The van der Waals surface area contributed by atoms with E-state index in [9.17, 15) is 4.79 Å². The summed E-state index contributed by atoms with van der Waals surface area (Å²) in [6.07, 6.45) is 25.5. The lowest BCUT2D eigenvalue weighted by Crippen LogP contribution is -2.16. The van der Waals surface area contributed by atoms with E-state index in [-0.39, 0.29) is 5.91 Å². The van der Waals surface area contributed by atoms with Gasteiger partial charge in [-0.2, -0.15) is 0 Å². The van der Waals surface area contributed by atoms with Crippen LogP contribution in [0, 0.1) is 0 Å². The van der Waals surface area contributed by atoms with E-state index in [0.717, 1.165) is 6.42 Å². The first kappa shape index (κ1) is 22.7. The highest BCUT2D eigenvalue weighted by Gasteiger charge is 1.95. The summed E-state index contributed by atoms with van der Waals surface area (Å²) in [5.41, 5.74) is 0.528. The molecule has 0 saturated carbocycles. The molecule has 1 N–H and O–H groups in total. The van der Waals surface area contributed by atoms with Crippen molar-refractivity contribution in [1.29, 1.82) is 0 Å². The van der Waals surface area contributed by atoms with E-state index in [1.165, 1.54) is 77.0 Å². The first-order valence-corrected chi connectivity index (χ1v) is 9.96. The third kappa shape index (κ3) is 17.1. The second kappa shape index (κ2) is 18.0. The molecule has 0 rings (SSSR count). The van der Waals surface area contributed by atoms with Gasteiger partial charge in [0.05, 0.1) is 0 Å². The minimum Gasteiger partial charge on any atom is -0.329 e. The van der Waals surface area contributed by atoms with Crippen molar-refractivity contribution in [3.63, 3.8) is 0 Å². The highest BCUT2D eigenvalue weighted by atomic mass is 16.1. The van der Waals surface area contributed by atoms with Crippen molar-refractivity contribution in [3.05, 3.63) is 36.6 Å². The minimum atomic E-state index is -0.124. The van der Waals surface area contributed by atoms with Crippen molar-refractivity contribution in [1.82, 2.24) is 5.32 Å². The molecule has 0 bridgehead atoms. The van der Waals surface area contributed by atoms with Crippen LogP contribution in [0.3, 0.4) is 0 Å². The smallest absolute Gasteiger partial charge is 0.250 e. The summed E-state index contributed by atoms with van der Waals surface area (Å²) in [5, 5.41) is 2.66. The average molecular weight is 334 g/mol. The van der Waals surface area contributed by atoms with E-state index in [1.807, 2.05) is 12.2 Å². The van der Waals surface area contributed by atoms with Gasteiger partial charge in [-0.05, 0) is 25.8 Å². The molecule has 0 radical (unpaired) electrons. The number of amides is 1. The van der Waals surface area contributed by atoms with Crippen LogP contribution in [0.15, 0.2) is 36.6 Å². The quantitative estimate of drug-likeness (QED) is 0.187. The van der Waals surface area contributed by atoms with Crippen LogP contribution in [0.2, 0.25) is 0 Å². The van der Waals surface area contributed by atoms with E-state index >= 15 is 0 Å². The molecule has 0 heterocycles. The standard InChI is InChI=1S/C22H39NO/c1-4-5-6-7-8-9-10-11-12-13-14-15-16-17-18-19-20-23-22(24)21(2)3/h17-20H,2,4-16H2,1,3H3,(H,23,24). The number of carbonyl (C=O) groups excluding carboxylic acids is 1. The molecule has 0 spiro atoms. The van der Waals surface area contributed by atoms with E-state index in [1.54, 1.807) is 13.1 Å². The summed E-state index contributed by atoms with van der Waals surface area (Å²) in [7, 11) is 0. The number of carbonyl (C=O) groups is 1. The monoisotopic (exact) mass is 333 g/mol. The van der Waals surface area contributed by atoms with Crippen molar-refractivity contribution in [3.8, 4) is 0 Å². The Morgan fingerprint density at radius 3 is 1.83 bits per heavy atom. The predicted octanol–water partition coefficient (Wildman–Crippen LogP) is 6.84. The fourth-order valence-corrected chi connectivity index (χ4v) is 2.58. The van der Waals surface area contributed by atoms with Crippen LogP contribution >= 0.6 is 0 Å². The van der Waals surface area contributed by atoms with Gasteiger partial charge in [-0.15, -0.1) is 0 Å². The Balaban J connectivity index is 3.25. The third-order valence-corrected chi connectivity index (χ3v) is 4.17. The summed E-state index contributed by atoms with van der Waals surface area (Å²) in [6.45, 7) is 7.56. The van der Waals surface area contributed by atoms with E-state index in [2.05, 4.69) is 24.9 Å². The van der Waals surface area contributed by atoms with Crippen molar-refractivity contribution in [2.75, 3.05) is 0 Å². The van der Waals surface area contributed by atoms with E-state index in [0.29, 0.717) is 5.57 Å². The number of hydrogen-bond acceptors (Lipinski definition) is 1. The molecular formula is C22H39NO. The number of unbranched alkanes of at least 4 members (excludes halogenated alkanes) is 12. The van der Waals surface area contributed by atoms with Crippen LogP contribution in [0.5, 0.6) is 0 Å². The van der Waals surface area contributed by atoms with Crippen LogP contribution < -0.4 is 5.32 Å². The Hall–Kier alpha value is -1.31. The Morgan fingerprint density at radius 1 is 0.833 bits per heavy atom. The summed E-state index contributed by atoms with van der Waals surface area (Å²) >= 11 is 0. The van der Waals surface area contributed by atoms with Crippen LogP contribution in [-0.2, 0) is 4.79 Å². The van der Waals surface area contributed by atoms with Crippen LogP contribution in [0.1, 0.15) is 97.3 Å². The Kier molecular flexibility index (Phi) is 17.1. The van der Waals surface area contributed by atoms with Gasteiger partial charge in [0, 0.05) is 11.8 Å². The molecule has 0 saturated heterocycles. The van der Waals surface area contributed by atoms with Gasteiger partial charge in [0.25, 0.3) is 0 Å². The Morgan fingerprint density at radius 2 is 1.33 bits per heavy atom. The highest BCUT2D eigenvalue weighted by molar-refractivity contribution is 5.92. The summed E-state index contributed by atoms with van der Waals surface area (Å²) in [5.74, 6) is -0.124. The largest absolute Gasteiger partial charge is 0.329 e. The minimum absolute atomic E-state index is 0.124. The molecule has 24 heavy (non-hydrogen) atoms. The molecular weight excluding hydrogens is 294 g/mol. The van der Waals surface area contributed by atoms with Crippen LogP contribution in [0.25, 0.3) is 0 Å². The fourth-order valence-electron chi connectivity index (χ4n) is 2.58. The first-order valence-electron chi connectivity index (χ1n) is 9.96. The van der Waals surface area contributed by atoms with Gasteiger partial charge in [-0.3, -0.25) is 4.79 Å². The molecule has 0 aromatic heterocycles. The maximum absolute atomic E-state index is 11.2. The van der Waals surface area contributed by atoms with Gasteiger partial charge in [-0.1, -0.05) is 96.3 Å². The predicted molar refractivity (Wildman–Crippen MR) is 107 cm³/mol. The zero-order valence-corrected chi connectivity index (χ0v) is 16.1. The molecule has 0 fully saturated rings. The van der Waals surface area contributed by atoms with Crippen LogP contribution in [0.4, 0.5) is 0 Å². The molecule has 0 aromatic carbocycles. The lowest BCUT2D eigenvalue weighted by atomic mass is 10.0. The molecule has 2 heteroatoms. The second-order valence-electron chi connectivity index (χ2n) is 6.72. The third-order valence-electron chi connectivity index (χ3n) is 4.17. The molecule has 0 unspecified atom stereocenters. The zero-order valence-electron chi connectivity index (χ0n) is 16.1. The maximum atomic E-state index is 11.2. The second-order valence-corrected chi connectivity index (χ2v) is 6.72. The van der Waals surface area contributed by atoms with Gasteiger partial charge in [0.1, 0.15) is 0 Å². The molecule has 0 aliphatic rings. The lowest BCUT2D eigenvalue weighted by molar-refractivity contribution is -0.116. The number of allylic oxidation sites excluding steroid dienone is 3. The van der Waals surface area contributed by atoms with Crippen LogP contribution in [-0.4, -0.2) is 5.91 Å². The van der Waals surface area contributed by atoms with Gasteiger partial charge in [0.2, 0.25) is 5.91 Å². The molecule has 0 aliphatic carbocycles. The number of hydrogen-bond donors (Lipinski definition) is 1. The zero-order chi connectivity index (χ0) is 17.9. The molecule has 2 nitrogen and oxygen atoms in total. The van der Waals surface area contributed by atoms with Gasteiger partial charge in [0.15, 0.2) is 0 Å². The molecule has 0 atom stereocenters. The van der Waals surface area contributed by atoms with Gasteiger partial charge >= 0.3 is 0 Å². The fraction of sp³-hybridized carbons (Fsp3) is 0.682. The van der Waals surface area contributed by atoms with Gasteiger partial charge in [-0.25, -0.2) is 0 Å². The number of rotatable bonds is 16. The summed E-state index contributed by atoms with van der Waals surface area (Å²) in [4.78, 5) is 11.2. The van der Waals surface area contributed by atoms with Crippen molar-refractivity contribution >= 4 is 5.91 Å². The van der Waals surface area contributed by atoms with Crippen molar-refractivity contribution < 1.29 is 4.79 Å². The Bertz CT molecular complexity index is 368. The average Bonchev–Trinajstić information content (AvgIpc) is 2.57. The van der Waals surface area contributed by atoms with E-state index in [4.69, 9.17) is 0 Å². The highest BCUT2D eigenvalue weighted by Crippen LogP contribution is 2.12. The maximum Gasteiger partial charge on any atom is 0.250 e. The number of nitrogens with one attached hydrogen (secondary N) is 1. The SMILES string of the molecule is C=C(C)C(=O)NC=CC=CCCCCCCCCCCCCCC. The van der Waals surface area contributed by atoms with Crippen molar-refractivity contribution in [2.45, 2.75) is 97.3 Å². The molecule has 0 aromatic rings. The Labute approximate surface area is 150 Å². The topological polar surface area (TPSA) is 29.1 Å². The molecule has 1 amide bonds. The van der Waals surface area contributed by atoms with Crippen molar-refractivity contribution in [2.24, 2.45) is 0 Å². The van der Waals surface area contributed by atoms with E-state index < -0.39 is 0 Å². The molecule has 138 valence electrons. The lowest BCUT2D eigenvalue weighted by Gasteiger charge is -2.02.